The van der Waals surface area contributed by atoms with Gasteiger partial charge in [-0.25, -0.2) is 0 Å². The number of nitrogens with zero attached hydrogens (tertiary/aromatic N) is 1. The molecule has 0 N–H and O–H groups in total. The molecule has 2 aromatic rings. The number of rotatable bonds is 11. The van der Waals surface area contributed by atoms with Crippen LogP contribution in [0.25, 0.3) is 0 Å². The highest BCUT2D eigenvalue weighted by atomic mass is 16.6. The average Bonchev–Trinajstić information content (AvgIpc) is 2.72. The van der Waals surface area contributed by atoms with Crippen LogP contribution in [0.5, 0.6) is 17.2 Å². The molecule has 5 nitrogen and oxygen atoms in total. The Labute approximate surface area is 180 Å². The SMILES string of the molecule is C/C=C/COc1cc(C)c(OCC(C)COc2cccc(C(C)=NOC)c2)c(C)c1. The van der Waals surface area contributed by atoms with Crippen molar-refractivity contribution in [1.29, 1.82) is 0 Å². The second-order valence-corrected chi connectivity index (χ2v) is 7.38. The highest BCUT2D eigenvalue weighted by molar-refractivity contribution is 5.98. The van der Waals surface area contributed by atoms with Crippen LogP contribution in [0.15, 0.2) is 53.7 Å². The molecule has 5 heteroatoms. The molecule has 2 aromatic carbocycles. The highest BCUT2D eigenvalue weighted by Gasteiger charge is 2.11. The summed E-state index contributed by atoms with van der Waals surface area (Å²) >= 11 is 0. The smallest absolute Gasteiger partial charge is 0.125 e. The van der Waals surface area contributed by atoms with E-state index in [1.807, 2.05) is 76.2 Å². The summed E-state index contributed by atoms with van der Waals surface area (Å²) in [5.74, 6) is 2.81. The predicted octanol–water partition coefficient (Wildman–Crippen LogP) is 5.72. The molecule has 2 rings (SSSR count). The van der Waals surface area contributed by atoms with Gasteiger partial charge in [-0.1, -0.05) is 36.4 Å². The van der Waals surface area contributed by atoms with Crippen LogP contribution in [0.1, 0.15) is 37.5 Å². The van der Waals surface area contributed by atoms with Crippen LogP contribution in [-0.4, -0.2) is 32.6 Å². The van der Waals surface area contributed by atoms with Crippen molar-refractivity contribution in [2.24, 2.45) is 11.1 Å². The Morgan fingerprint density at radius 2 is 1.70 bits per heavy atom. The summed E-state index contributed by atoms with van der Waals surface area (Å²) < 4.78 is 17.8. The lowest BCUT2D eigenvalue weighted by molar-refractivity contribution is 0.187. The highest BCUT2D eigenvalue weighted by Crippen LogP contribution is 2.29. The molecule has 0 bridgehead atoms. The topological polar surface area (TPSA) is 49.3 Å². The molecule has 0 saturated heterocycles. The zero-order chi connectivity index (χ0) is 21.9. The van der Waals surface area contributed by atoms with E-state index in [1.165, 1.54) is 0 Å². The van der Waals surface area contributed by atoms with E-state index in [9.17, 15) is 0 Å². The molecule has 0 saturated carbocycles. The fourth-order valence-corrected chi connectivity index (χ4v) is 2.97. The van der Waals surface area contributed by atoms with E-state index in [0.717, 1.165) is 39.7 Å². The summed E-state index contributed by atoms with van der Waals surface area (Å²) in [5.41, 5.74) is 3.92. The molecular formula is C25H33NO4. The monoisotopic (exact) mass is 411 g/mol. The van der Waals surface area contributed by atoms with Gasteiger partial charge in [-0.3, -0.25) is 0 Å². The van der Waals surface area contributed by atoms with Gasteiger partial charge in [0.25, 0.3) is 0 Å². The molecule has 0 fully saturated rings. The molecule has 30 heavy (non-hydrogen) atoms. The van der Waals surface area contributed by atoms with Gasteiger partial charge in [-0.05, 0) is 63.1 Å². The minimum absolute atomic E-state index is 0.229. The number of allylic oxidation sites excluding steroid dienone is 1. The van der Waals surface area contributed by atoms with Crippen molar-refractivity contribution in [2.75, 3.05) is 26.9 Å². The summed E-state index contributed by atoms with van der Waals surface area (Å²) in [6.07, 6.45) is 3.96. The van der Waals surface area contributed by atoms with E-state index in [0.29, 0.717) is 19.8 Å². The van der Waals surface area contributed by atoms with Crippen molar-refractivity contribution in [3.05, 3.63) is 65.2 Å². The summed E-state index contributed by atoms with van der Waals surface area (Å²) in [7, 11) is 1.54. The molecule has 1 unspecified atom stereocenters. The zero-order valence-corrected chi connectivity index (χ0v) is 18.9. The molecule has 0 aliphatic rings. The molecule has 0 aromatic heterocycles. The van der Waals surface area contributed by atoms with Gasteiger partial charge in [0.15, 0.2) is 0 Å². The summed E-state index contributed by atoms with van der Waals surface area (Å²) in [6.45, 7) is 11.8. The van der Waals surface area contributed by atoms with Crippen LogP contribution in [0, 0.1) is 19.8 Å². The van der Waals surface area contributed by atoms with E-state index in [1.54, 1.807) is 7.11 Å². The third-order valence-corrected chi connectivity index (χ3v) is 4.54. The quantitative estimate of drug-likeness (QED) is 0.269. The molecule has 1 atom stereocenters. The van der Waals surface area contributed by atoms with E-state index in [4.69, 9.17) is 19.0 Å². The lowest BCUT2D eigenvalue weighted by atomic mass is 10.1. The van der Waals surface area contributed by atoms with Crippen molar-refractivity contribution < 1.29 is 19.0 Å². The van der Waals surface area contributed by atoms with E-state index in [2.05, 4.69) is 12.1 Å². The minimum Gasteiger partial charge on any atom is -0.493 e. The van der Waals surface area contributed by atoms with Crippen molar-refractivity contribution in [3.8, 4) is 17.2 Å². The number of oxime groups is 1. The maximum atomic E-state index is 6.11. The Bertz CT molecular complexity index is 850. The lowest BCUT2D eigenvalue weighted by Gasteiger charge is -2.18. The Hall–Kier alpha value is -2.95. The second kappa shape index (κ2) is 11.9. The van der Waals surface area contributed by atoms with Crippen LogP contribution in [0.4, 0.5) is 0 Å². The number of ether oxygens (including phenoxy) is 3. The van der Waals surface area contributed by atoms with Crippen LogP contribution >= 0.6 is 0 Å². The average molecular weight is 412 g/mol. The first kappa shape index (κ1) is 23.3. The third kappa shape index (κ3) is 7.14. The van der Waals surface area contributed by atoms with Gasteiger partial charge in [-0.2, -0.15) is 0 Å². The molecule has 0 spiro atoms. The zero-order valence-electron chi connectivity index (χ0n) is 18.9. The predicted molar refractivity (Wildman–Crippen MR) is 122 cm³/mol. The van der Waals surface area contributed by atoms with Gasteiger partial charge in [0.2, 0.25) is 0 Å². The van der Waals surface area contributed by atoms with E-state index >= 15 is 0 Å². The molecule has 162 valence electrons. The summed E-state index contributed by atoms with van der Waals surface area (Å²) in [5, 5.41) is 3.97. The Balaban J connectivity index is 1.90. The van der Waals surface area contributed by atoms with Gasteiger partial charge in [0.05, 0.1) is 18.9 Å². The van der Waals surface area contributed by atoms with Gasteiger partial charge >= 0.3 is 0 Å². The first-order valence-corrected chi connectivity index (χ1v) is 10.2. The molecule has 0 aliphatic carbocycles. The number of benzene rings is 2. The number of aryl methyl sites for hydroxylation is 2. The van der Waals surface area contributed by atoms with E-state index in [-0.39, 0.29) is 5.92 Å². The van der Waals surface area contributed by atoms with Gasteiger partial charge in [0, 0.05) is 11.5 Å². The van der Waals surface area contributed by atoms with Crippen molar-refractivity contribution in [1.82, 2.24) is 0 Å². The van der Waals surface area contributed by atoms with Gasteiger partial charge in [0.1, 0.15) is 31.0 Å². The van der Waals surface area contributed by atoms with Crippen molar-refractivity contribution >= 4 is 5.71 Å². The molecule has 0 heterocycles. The number of hydrogen-bond donors (Lipinski definition) is 0. The molecule has 0 radical (unpaired) electrons. The normalized spacial score (nSPS) is 12.7. The Morgan fingerprint density at radius 3 is 2.37 bits per heavy atom. The molecule has 0 amide bonds. The first-order valence-electron chi connectivity index (χ1n) is 10.2. The maximum Gasteiger partial charge on any atom is 0.125 e. The standard InChI is InChI=1S/C25H33NO4/c1-7-8-12-28-24-13-19(3)25(20(4)14-24)30-17-18(2)16-29-23-11-9-10-22(15-23)21(5)26-27-6/h7-11,13-15,18H,12,16-17H2,1-6H3/b8-7+,26-21?. The maximum absolute atomic E-state index is 6.11. The lowest BCUT2D eigenvalue weighted by Crippen LogP contribution is -2.17. The molecular weight excluding hydrogens is 378 g/mol. The minimum atomic E-state index is 0.229. The van der Waals surface area contributed by atoms with Crippen LogP contribution in [0.2, 0.25) is 0 Å². The summed E-state index contributed by atoms with van der Waals surface area (Å²) in [6, 6.07) is 11.9. The van der Waals surface area contributed by atoms with Gasteiger partial charge in [-0.15, -0.1) is 0 Å². The first-order chi connectivity index (χ1) is 14.4. The van der Waals surface area contributed by atoms with Crippen LogP contribution in [-0.2, 0) is 4.84 Å². The fourth-order valence-electron chi connectivity index (χ4n) is 2.97. The largest absolute Gasteiger partial charge is 0.493 e. The summed E-state index contributed by atoms with van der Waals surface area (Å²) in [4.78, 5) is 4.84. The van der Waals surface area contributed by atoms with Gasteiger partial charge < -0.3 is 19.0 Å². The third-order valence-electron chi connectivity index (χ3n) is 4.54. The van der Waals surface area contributed by atoms with Crippen molar-refractivity contribution in [2.45, 2.75) is 34.6 Å². The number of hydrogen-bond acceptors (Lipinski definition) is 5. The second-order valence-electron chi connectivity index (χ2n) is 7.38. The van der Waals surface area contributed by atoms with Crippen molar-refractivity contribution in [3.63, 3.8) is 0 Å². The van der Waals surface area contributed by atoms with Crippen LogP contribution < -0.4 is 14.2 Å². The van der Waals surface area contributed by atoms with E-state index < -0.39 is 0 Å². The fraction of sp³-hybridized carbons (Fsp3) is 0.400. The Morgan fingerprint density at radius 1 is 1.00 bits per heavy atom. The Kier molecular flexibility index (Phi) is 9.26. The molecule has 0 aliphatic heterocycles. The van der Waals surface area contributed by atoms with Crippen LogP contribution in [0.3, 0.4) is 0 Å².